The van der Waals surface area contributed by atoms with Crippen molar-refractivity contribution in [2.45, 2.75) is 32.1 Å². The lowest BCUT2D eigenvalue weighted by molar-refractivity contribution is -0.128. The van der Waals surface area contributed by atoms with Crippen LogP contribution in [0.15, 0.2) is 79.4 Å². The third-order valence-corrected chi connectivity index (χ3v) is 7.75. The lowest BCUT2D eigenvalue weighted by Gasteiger charge is -2.32. The fourth-order valence-electron chi connectivity index (χ4n) is 5.63. The summed E-state index contributed by atoms with van der Waals surface area (Å²) in [5.41, 5.74) is 6.79. The smallest absolute Gasteiger partial charge is 0.335 e. The Morgan fingerprint density at radius 1 is 1.00 bits per heavy atom. The monoisotopic (exact) mass is 507 g/mol. The Kier molecular flexibility index (Phi) is 6.54. The lowest BCUT2D eigenvalue weighted by atomic mass is 9.73. The number of allylic oxidation sites excluding steroid dienone is 1. The standard InChI is InChI=1S/C32H30FN3O2/c1-2-29(37)38-28-14-4-3-13-25(28)31(23-15-16-27-26(20-23)32(33)35-34-27)30(21-9-7-10-21)22-11-8-12-24(19-22)36-17-5-6-18-36/h2-4,8,11-16,19-21H,1,5-7,9-10,17-18H2,(H,34,35)/b31-30-. The van der Waals surface area contributed by atoms with Crippen molar-refractivity contribution in [3.63, 3.8) is 0 Å². The van der Waals surface area contributed by atoms with Gasteiger partial charge in [-0.3, -0.25) is 5.10 Å². The van der Waals surface area contributed by atoms with E-state index in [1.807, 2.05) is 36.4 Å². The highest BCUT2D eigenvalue weighted by atomic mass is 19.1. The van der Waals surface area contributed by atoms with Crippen molar-refractivity contribution in [1.82, 2.24) is 10.2 Å². The van der Waals surface area contributed by atoms with Gasteiger partial charge >= 0.3 is 5.97 Å². The average Bonchev–Trinajstić information content (AvgIpc) is 3.59. The molecule has 6 heteroatoms. The summed E-state index contributed by atoms with van der Waals surface area (Å²) >= 11 is 0. The third kappa shape index (κ3) is 4.51. The van der Waals surface area contributed by atoms with E-state index in [9.17, 15) is 9.18 Å². The van der Waals surface area contributed by atoms with Gasteiger partial charge in [-0.1, -0.05) is 49.4 Å². The maximum atomic E-state index is 14.6. The molecule has 3 aromatic carbocycles. The molecule has 1 aliphatic carbocycles. The van der Waals surface area contributed by atoms with E-state index in [0.29, 0.717) is 22.6 Å². The quantitative estimate of drug-likeness (QED) is 0.125. The number of esters is 1. The first kappa shape index (κ1) is 24.2. The van der Waals surface area contributed by atoms with Crippen molar-refractivity contribution in [3.8, 4) is 5.75 Å². The zero-order valence-corrected chi connectivity index (χ0v) is 21.3. The molecule has 4 aromatic rings. The van der Waals surface area contributed by atoms with E-state index in [1.165, 1.54) is 30.2 Å². The summed E-state index contributed by atoms with van der Waals surface area (Å²) in [5.74, 6) is -0.261. The molecule has 0 atom stereocenters. The number of aromatic nitrogens is 2. The van der Waals surface area contributed by atoms with Crippen LogP contribution in [-0.2, 0) is 4.79 Å². The largest absolute Gasteiger partial charge is 0.423 e. The first-order chi connectivity index (χ1) is 18.6. The third-order valence-electron chi connectivity index (χ3n) is 7.75. The minimum Gasteiger partial charge on any atom is -0.423 e. The van der Waals surface area contributed by atoms with Crippen LogP contribution in [0.1, 0.15) is 48.8 Å². The minimum atomic E-state index is -0.534. The number of benzene rings is 3. The molecule has 1 aliphatic heterocycles. The Hall–Kier alpha value is -4.19. The number of H-pyrrole nitrogens is 1. The van der Waals surface area contributed by atoms with E-state index in [1.54, 1.807) is 6.07 Å². The lowest BCUT2D eigenvalue weighted by Crippen LogP contribution is -2.19. The van der Waals surface area contributed by atoms with Gasteiger partial charge in [-0.2, -0.15) is 4.39 Å². The van der Waals surface area contributed by atoms with Gasteiger partial charge in [-0.05, 0) is 84.2 Å². The highest BCUT2D eigenvalue weighted by molar-refractivity contribution is 6.03. The summed E-state index contributed by atoms with van der Waals surface area (Å²) in [6, 6.07) is 22.0. The second kappa shape index (κ2) is 10.3. The van der Waals surface area contributed by atoms with Crippen LogP contribution in [0.4, 0.5) is 10.1 Å². The number of carbonyl (C=O) groups excluding carboxylic acids is 1. The number of aromatic amines is 1. The van der Waals surface area contributed by atoms with Crippen LogP contribution in [0.25, 0.3) is 22.0 Å². The fourth-order valence-corrected chi connectivity index (χ4v) is 5.63. The number of nitrogens with one attached hydrogen (secondary N) is 1. The Balaban J connectivity index is 1.62. The molecule has 1 saturated carbocycles. The Morgan fingerprint density at radius 3 is 2.58 bits per heavy atom. The van der Waals surface area contributed by atoms with E-state index >= 15 is 0 Å². The maximum absolute atomic E-state index is 14.6. The predicted octanol–water partition coefficient (Wildman–Crippen LogP) is 7.15. The molecule has 192 valence electrons. The second-order valence-corrected chi connectivity index (χ2v) is 10.1. The molecular weight excluding hydrogens is 477 g/mol. The maximum Gasteiger partial charge on any atom is 0.335 e. The highest BCUT2D eigenvalue weighted by Gasteiger charge is 2.29. The van der Waals surface area contributed by atoms with Gasteiger partial charge in [0, 0.05) is 30.4 Å². The number of ether oxygens (including phenoxy) is 1. The van der Waals surface area contributed by atoms with E-state index in [0.717, 1.165) is 54.6 Å². The van der Waals surface area contributed by atoms with Crippen molar-refractivity contribution >= 4 is 33.7 Å². The first-order valence-corrected chi connectivity index (χ1v) is 13.3. The van der Waals surface area contributed by atoms with Crippen molar-refractivity contribution in [3.05, 3.63) is 102 Å². The number of hydrogen-bond acceptors (Lipinski definition) is 4. The Morgan fingerprint density at radius 2 is 1.82 bits per heavy atom. The first-order valence-electron chi connectivity index (χ1n) is 13.3. The summed E-state index contributed by atoms with van der Waals surface area (Å²) < 4.78 is 20.4. The summed E-state index contributed by atoms with van der Waals surface area (Å²) in [7, 11) is 0. The number of halogens is 1. The summed E-state index contributed by atoms with van der Waals surface area (Å²) in [5, 5.41) is 6.95. The molecule has 6 rings (SSSR count). The van der Waals surface area contributed by atoms with Crippen LogP contribution in [0.5, 0.6) is 5.75 Å². The molecule has 0 bridgehead atoms. The van der Waals surface area contributed by atoms with Crippen LogP contribution >= 0.6 is 0 Å². The summed E-state index contributed by atoms with van der Waals surface area (Å²) in [4.78, 5) is 14.7. The molecule has 1 aromatic heterocycles. The number of hydrogen-bond donors (Lipinski definition) is 1. The number of anilines is 1. The number of fused-ring (bicyclic) bond motifs is 1. The Bertz CT molecular complexity index is 1540. The molecule has 38 heavy (non-hydrogen) atoms. The SMILES string of the molecule is C=CC(=O)Oc1ccccc1/C(=C(\c1cccc(N2CCCC2)c1)C1CCC1)c1ccc2[nH]nc(F)c2c1. The molecule has 1 N–H and O–H groups in total. The van der Waals surface area contributed by atoms with E-state index < -0.39 is 11.9 Å². The van der Waals surface area contributed by atoms with Gasteiger partial charge in [-0.25, -0.2) is 4.79 Å². The van der Waals surface area contributed by atoms with Crippen molar-refractivity contribution < 1.29 is 13.9 Å². The number of rotatable bonds is 7. The van der Waals surface area contributed by atoms with Crippen LogP contribution < -0.4 is 9.64 Å². The zero-order chi connectivity index (χ0) is 26.1. The molecule has 0 spiro atoms. The number of para-hydroxylation sites is 1. The molecule has 2 fully saturated rings. The van der Waals surface area contributed by atoms with E-state index in [-0.39, 0.29) is 0 Å². The van der Waals surface area contributed by atoms with Crippen molar-refractivity contribution in [1.29, 1.82) is 0 Å². The van der Waals surface area contributed by atoms with Crippen LogP contribution in [-0.4, -0.2) is 29.3 Å². The zero-order valence-electron chi connectivity index (χ0n) is 21.3. The van der Waals surface area contributed by atoms with Crippen LogP contribution in [0, 0.1) is 11.9 Å². The molecule has 2 aliphatic rings. The molecule has 0 unspecified atom stereocenters. The van der Waals surface area contributed by atoms with Crippen LogP contribution in [0.2, 0.25) is 0 Å². The van der Waals surface area contributed by atoms with Gasteiger partial charge in [0.15, 0.2) is 0 Å². The van der Waals surface area contributed by atoms with Crippen LogP contribution in [0.3, 0.4) is 0 Å². The predicted molar refractivity (Wildman–Crippen MR) is 149 cm³/mol. The summed E-state index contributed by atoms with van der Waals surface area (Å²) in [6.07, 6.45) is 6.89. The normalized spacial score (nSPS) is 16.3. The summed E-state index contributed by atoms with van der Waals surface area (Å²) in [6.45, 7) is 5.69. The molecular formula is C32H30FN3O2. The Labute approximate surface area is 221 Å². The van der Waals surface area contributed by atoms with Crippen molar-refractivity contribution in [2.75, 3.05) is 18.0 Å². The van der Waals surface area contributed by atoms with E-state index in [4.69, 9.17) is 4.74 Å². The fraction of sp³-hybridized carbons (Fsp3) is 0.250. The highest BCUT2D eigenvalue weighted by Crippen LogP contribution is 2.47. The van der Waals surface area contributed by atoms with Gasteiger partial charge < -0.3 is 9.64 Å². The number of nitrogens with zero attached hydrogens (tertiary/aromatic N) is 2. The molecule has 2 heterocycles. The van der Waals surface area contributed by atoms with Gasteiger partial charge in [0.2, 0.25) is 5.95 Å². The van der Waals surface area contributed by atoms with Gasteiger partial charge in [-0.15, -0.1) is 5.10 Å². The van der Waals surface area contributed by atoms with E-state index in [2.05, 4.69) is 45.9 Å². The average molecular weight is 508 g/mol. The van der Waals surface area contributed by atoms with Gasteiger partial charge in [0.25, 0.3) is 0 Å². The topological polar surface area (TPSA) is 58.2 Å². The number of carbonyl (C=O) groups is 1. The second-order valence-electron chi connectivity index (χ2n) is 10.1. The van der Waals surface area contributed by atoms with Crippen molar-refractivity contribution in [2.24, 2.45) is 5.92 Å². The molecule has 5 nitrogen and oxygen atoms in total. The van der Waals surface area contributed by atoms with Gasteiger partial charge in [0.05, 0.1) is 10.9 Å². The molecule has 1 saturated heterocycles. The molecule has 0 radical (unpaired) electrons. The minimum absolute atomic E-state index is 0.340. The van der Waals surface area contributed by atoms with Gasteiger partial charge in [0.1, 0.15) is 5.75 Å². The molecule has 0 amide bonds.